The minimum Gasteiger partial charge on any atom is -0.326 e. The first-order chi connectivity index (χ1) is 8.65. The van der Waals surface area contributed by atoms with E-state index in [0.717, 1.165) is 19.4 Å². The van der Waals surface area contributed by atoms with Crippen LogP contribution in [0.4, 0.5) is 11.4 Å². The van der Waals surface area contributed by atoms with Crippen LogP contribution in [0, 0.1) is 0 Å². The van der Waals surface area contributed by atoms with Crippen molar-refractivity contribution >= 4 is 35.6 Å². The van der Waals surface area contributed by atoms with Gasteiger partial charge in [0.25, 0.3) is 0 Å². The molecule has 0 aliphatic carbocycles. The quantitative estimate of drug-likeness (QED) is 0.792. The average molecular weight is 284 g/mol. The van der Waals surface area contributed by atoms with Crippen molar-refractivity contribution in [3.63, 3.8) is 0 Å². The Morgan fingerprint density at radius 1 is 1.26 bits per heavy atom. The van der Waals surface area contributed by atoms with E-state index in [-0.39, 0.29) is 30.3 Å². The van der Waals surface area contributed by atoms with Gasteiger partial charge in [0.2, 0.25) is 11.8 Å². The number of hydrogen-bond donors (Lipinski definition) is 3. The Balaban J connectivity index is 0.00000180. The van der Waals surface area contributed by atoms with Crippen LogP contribution < -0.4 is 16.0 Å². The maximum Gasteiger partial charge on any atom is 0.241 e. The van der Waals surface area contributed by atoms with Crippen LogP contribution in [0.25, 0.3) is 0 Å². The fourth-order valence-corrected chi connectivity index (χ4v) is 2.02. The molecular weight excluding hydrogens is 266 g/mol. The van der Waals surface area contributed by atoms with Crippen LogP contribution in [0.15, 0.2) is 24.3 Å². The van der Waals surface area contributed by atoms with Gasteiger partial charge in [-0.3, -0.25) is 9.59 Å². The smallest absolute Gasteiger partial charge is 0.241 e. The number of carbonyl (C=O) groups is 2. The molecular formula is C13H18ClN3O2. The van der Waals surface area contributed by atoms with Crippen LogP contribution in [0.2, 0.25) is 0 Å². The van der Waals surface area contributed by atoms with Gasteiger partial charge in [0.1, 0.15) is 0 Å². The SMILES string of the molecule is CC(=O)Nc1cccc(NC(=O)C2CCCN2)c1.Cl. The third-order valence-electron chi connectivity index (χ3n) is 2.83. The number of rotatable bonds is 3. The van der Waals surface area contributed by atoms with Crippen LogP contribution >= 0.6 is 12.4 Å². The average Bonchev–Trinajstić information content (AvgIpc) is 2.81. The molecule has 1 fully saturated rings. The number of carbonyl (C=O) groups excluding carboxylic acids is 2. The lowest BCUT2D eigenvalue weighted by Gasteiger charge is -2.12. The van der Waals surface area contributed by atoms with E-state index in [1.165, 1.54) is 6.92 Å². The zero-order chi connectivity index (χ0) is 13.0. The molecule has 104 valence electrons. The lowest BCUT2D eigenvalue weighted by atomic mass is 10.2. The Morgan fingerprint density at radius 2 is 1.95 bits per heavy atom. The lowest BCUT2D eigenvalue weighted by molar-refractivity contribution is -0.117. The number of hydrogen-bond acceptors (Lipinski definition) is 3. The van der Waals surface area contributed by atoms with E-state index in [1.54, 1.807) is 24.3 Å². The van der Waals surface area contributed by atoms with Crippen LogP contribution in [-0.2, 0) is 9.59 Å². The van der Waals surface area contributed by atoms with E-state index in [4.69, 9.17) is 0 Å². The van der Waals surface area contributed by atoms with Crippen molar-refractivity contribution in [1.82, 2.24) is 5.32 Å². The number of nitrogens with one attached hydrogen (secondary N) is 3. The fraction of sp³-hybridized carbons (Fsp3) is 0.385. The largest absolute Gasteiger partial charge is 0.326 e. The zero-order valence-corrected chi connectivity index (χ0v) is 11.5. The minimum atomic E-state index is -0.129. The number of anilines is 2. The fourth-order valence-electron chi connectivity index (χ4n) is 2.02. The molecule has 1 unspecified atom stereocenters. The van der Waals surface area contributed by atoms with Gasteiger partial charge in [-0.2, -0.15) is 0 Å². The van der Waals surface area contributed by atoms with Gasteiger partial charge in [0, 0.05) is 18.3 Å². The second-order valence-corrected chi connectivity index (χ2v) is 4.40. The summed E-state index contributed by atoms with van der Waals surface area (Å²) in [5.41, 5.74) is 1.37. The Hall–Kier alpha value is -1.59. The summed E-state index contributed by atoms with van der Waals surface area (Å²) in [5, 5.41) is 8.67. The van der Waals surface area contributed by atoms with Gasteiger partial charge in [-0.25, -0.2) is 0 Å². The molecule has 19 heavy (non-hydrogen) atoms. The second kappa shape index (κ2) is 7.11. The predicted molar refractivity (Wildman–Crippen MR) is 77.6 cm³/mol. The summed E-state index contributed by atoms with van der Waals surface area (Å²) in [6, 6.07) is 7.02. The highest BCUT2D eigenvalue weighted by Crippen LogP contribution is 2.16. The summed E-state index contributed by atoms with van der Waals surface area (Å²) in [4.78, 5) is 22.8. The van der Waals surface area contributed by atoms with E-state index < -0.39 is 0 Å². The summed E-state index contributed by atoms with van der Waals surface area (Å²) < 4.78 is 0. The molecule has 0 spiro atoms. The molecule has 6 heteroatoms. The maximum atomic E-state index is 11.9. The Labute approximate surface area is 118 Å². The van der Waals surface area contributed by atoms with E-state index in [0.29, 0.717) is 11.4 Å². The van der Waals surface area contributed by atoms with Crippen LogP contribution in [0.1, 0.15) is 19.8 Å². The Morgan fingerprint density at radius 3 is 2.53 bits per heavy atom. The van der Waals surface area contributed by atoms with E-state index in [2.05, 4.69) is 16.0 Å². The van der Waals surface area contributed by atoms with Crippen molar-refractivity contribution in [2.75, 3.05) is 17.2 Å². The number of benzene rings is 1. The minimum absolute atomic E-state index is 0. The summed E-state index contributed by atoms with van der Waals surface area (Å²) in [5.74, 6) is -0.150. The Kier molecular flexibility index (Phi) is 5.79. The molecule has 1 saturated heterocycles. The van der Waals surface area contributed by atoms with Gasteiger partial charge in [-0.15, -0.1) is 12.4 Å². The molecule has 1 aliphatic heterocycles. The highest BCUT2D eigenvalue weighted by atomic mass is 35.5. The van der Waals surface area contributed by atoms with Crippen molar-refractivity contribution < 1.29 is 9.59 Å². The highest BCUT2D eigenvalue weighted by Gasteiger charge is 2.21. The molecule has 0 saturated carbocycles. The molecule has 1 aromatic rings. The van der Waals surface area contributed by atoms with Gasteiger partial charge in [-0.05, 0) is 37.6 Å². The first kappa shape index (κ1) is 15.5. The summed E-state index contributed by atoms with van der Waals surface area (Å²) in [6.45, 7) is 2.34. The third kappa shape index (κ3) is 4.54. The number of amides is 2. The maximum absolute atomic E-state index is 11.9. The van der Waals surface area contributed by atoms with E-state index >= 15 is 0 Å². The van der Waals surface area contributed by atoms with E-state index in [9.17, 15) is 9.59 Å². The third-order valence-corrected chi connectivity index (χ3v) is 2.83. The molecule has 2 amide bonds. The molecule has 3 N–H and O–H groups in total. The van der Waals surface area contributed by atoms with Crippen LogP contribution in [-0.4, -0.2) is 24.4 Å². The van der Waals surface area contributed by atoms with Gasteiger partial charge in [-0.1, -0.05) is 6.07 Å². The van der Waals surface area contributed by atoms with Crippen LogP contribution in [0.5, 0.6) is 0 Å². The summed E-state index contributed by atoms with van der Waals surface area (Å²) >= 11 is 0. The predicted octanol–water partition coefficient (Wildman–Crippen LogP) is 1.76. The van der Waals surface area contributed by atoms with E-state index in [1.807, 2.05) is 0 Å². The topological polar surface area (TPSA) is 70.2 Å². The standard InChI is InChI=1S/C13H17N3O2.ClH/c1-9(17)15-10-4-2-5-11(8-10)16-13(18)12-6-3-7-14-12;/h2,4-5,8,12,14H,3,6-7H2,1H3,(H,15,17)(H,16,18);1H. The van der Waals surface area contributed by atoms with Crippen LogP contribution in [0.3, 0.4) is 0 Å². The van der Waals surface area contributed by atoms with Crippen molar-refractivity contribution in [3.8, 4) is 0 Å². The first-order valence-electron chi connectivity index (χ1n) is 6.07. The molecule has 0 bridgehead atoms. The second-order valence-electron chi connectivity index (χ2n) is 4.40. The normalized spacial score (nSPS) is 17.4. The molecule has 5 nitrogen and oxygen atoms in total. The monoisotopic (exact) mass is 283 g/mol. The molecule has 1 heterocycles. The highest BCUT2D eigenvalue weighted by molar-refractivity contribution is 5.96. The van der Waals surface area contributed by atoms with Crippen molar-refractivity contribution in [2.24, 2.45) is 0 Å². The van der Waals surface area contributed by atoms with Gasteiger partial charge < -0.3 is 16.0 Å². The van der Waals surface area contributed by atoms with Crippen molar-refractivity contribution in [3.05, 3.63) is 24.3 Å². The summed E-state index contributed by atoms with van der Waals surface area (Å²) in [6.07, 6.45) is 1.90. The zero-order valence-electron chi connectivity index (χ0n) is 10.7. The molecule has 0 aromatic heterocycles. The van der Waals surface area contributed by atoms with Gasteiger partial charge in [0.15, 0.2) is 0 Å². The Bertz CT molecular complexity index is 459. The van der Waals surface area contributed by atoms with Gasteiger partial charge >= 0.3 is 0 Å². The molecule has 2 rings (SSSR count). The van der Waals surface area contributed by atoms with Crippen molar-refractivity contribution in [2.45, 2.75) is 25.8 Å². The molecule has 1 atom stereocenters. The van der Waals surface area contributed by atoms with Crippen molar-refractivity contribution in [1.29, 1.82) is 0 Å². The van der Waals surface area contributed by atoms with Gasteiger partial charge in [0.05, 0.1) is 6.04 Å². The molecule has 1 aliphatic rings. The molecule has 1 aromatic carbocycles. The number of halogens is 1. The summed E-state index contributed by atoms with van der Waals surface area (Å²) in [7, 11) is 0. The molecule has 0 radical (unpaired) electrons. The lowest BCUT2D eigenvalue weighted by Crippen LogP contribution is -2.35. The first-order valence-corrected chi connectivity index (χ1v) is 6.07.